The van der Waals surface area contributed by atoms with Gasteiger partial charge < -0.3 is 20.1 Å². The van der Waals surface area contributed by atoms with E-state index in [4.69, 9.17) is 14.5 Å². The van der Waals surface area contributed by atoms with Crippen LogP contribution in [0.5, 0.6) is 5.75 Å². The lowest BCUT2D eigenvalue weighted by Gasteiger charge is -2.38. The van der Waals surface area contributed by atoms with Crippen molar-refractivity contribution in [2.75, 3.05) is 32.9 Å². The van der Waals surface area contributed by atoms with Crippen molar-refractivity contribution in [1.29, 1.82) is 0 Å². The minimum Gasteiger partial charge on any atom is -0.494 e. The van der Waals surface area contributed by atoms with Crippen molar-refractivity contribution in [2.45, 2.75) is 45.6 Å². The zero-order valence-electron chi connectivity index (χ0n) is 17.7. The van der Waals surface area contributed by atoms with Gasteiger partial charge >= 0.3 is 0 Å². The summed E-state index contributed by atoms with van der Waals surface area (Å²) in [6.45, 7) is 10.6. The standard InChI is InChI=1S/C22H32N4O2S/c1-4-23-21(25-15-20-24-14-17(3)29-20)26-16-22(10-12-27-13-11-22)18-6-8-19(9-7-18)28-5-2/h6-9,14H,4-5,10-13,15-16H2,1-3H3,(H2,23,25,26). The average Bonchev–Trinajstić information content (AvgIpc) is 3.17. The molecule has 0 amide bonds. The second-order valence-corrected chi connectivity index (χ2v) is 8.58. The van der Waals surface area contributed by atoms with Gasteiger partial charge in [0, 0.05) is 42.8 Å². The first-order chi connectivity index (χ1) is 14.1. The summed E-state index contributed by atoms with van der Waals surface area (Å²) >= 11 is 1.69. The van der Waals surface area contributed by atoms with Gasteiger partial charge in [-0.05, 0) is 51.3 Å². The molecule has 1 aromatic carbocycles. The molecule has 3 rings (SSSR count). The van der Waals surface area contributed by atoms with E-state index in [1.165, 1.54) is 10.4 Å². The van der Waals surface area contributed by atoms with Crippen molar-refractivity contribution in [3.8, 4) is 5.75 Å². The number of aliphatic imine (C=N–C) groups is 1. The Morgan fingerprint density at radius 1 is 1.21 bits per heavy atom. The number of aryl methyl sites for hydroxylation is 1. The fraction of sp³-hybridized carbons (Fsp3) is 0.545. The summed E-state index contributed by atoms with van der Waals surface area (Å²) in [5.41, 5.74) is 1.35. The first kappa shape index (κ1) is 21.6. The molecular weight excluding hydrogens is 384 g/mol. The van der Waals surface area contributed by atoms with Crippen molar-refractivity contribution < 1.29 is 9.47 Å². The number of thiazole rings is 1. The summed E-state index contributed by atoms with van der Waals surface area (Å²) in [5, 5.41) is 7.97. The summed E-state index contributed by atoms with van der Waals surface area (Å²) in [6.07, 6.45) is 3.87. The molecule has 0 radical (unpaired) electrons. The van der Waals surface area contributed by atoms with E-state index in [0.29, 0.717) is 13.2 Å². The number of hydrogen-bond acceptors (Lipinski definition) is 5. The van der Waals surface area contributed by atoms with Gasteiger partial charge in [0.1, 0.15) is 10.8 Å². The number of benzene rings is 1. The van der Waals surface area contributed by atoms with E-state index >= 15 is 0 Å². The number of nitrogens with zero attached hydrogens (tertiary/aromatic N) is 2. The summed E-state index contributed by atoms with van der Waals surface area (Å²) in [5.74, 6) is 1.75. The van der Waals surface area contributed by atoms with E-state index in [1.54, 1.807) is 11.3 Å². The third kappa shape index (κ3) is 5.93. The molecular formula is C22H32N4O2S. The van der Waals surface area contributed by atoms with Gasteiger partial charge in [-0.2, -0.15) is 0 Å². The number of ether oxygens (including phenoxy) is 2. The molecule has 0 unspecified atom stereocenters. The van der Waals surface area contributed by atoms with Crippen LogP contribution in [0.25, 0.3) is 0 Å². The Morgan fingerprint density at radius 2 is 1.97 bits per heavy atom. The van der Waals surface area contributed by atoms with Gasteiger partial charge in [0.05, 0.1) is 13.2 Å². The molecule has 0 aliphatic carbocycles. The van der Waals surface area contributed by atoms with Crippen LogP contribution in [0.15, 0.2) is 35.5 Å². The SMILES string of the molecule is CCNC(=NCc1ncc(C)s1)NCC1(c2ccc(OCC)cc2)CCOCC1. The number of rotatable bonds is 8. The Hall–Kier alpha value is -2.12. The van der Waals surface area contributed by atoms with E-state index in [9.17, 15) is 0 Å². The van der Waals surface area contributed by atoms with Crippen molar-refractivity contribution >= 4 is 17.3 Å². The van der Waals surface area contributed by atoms with Crippen LogP contribution in [-0.2, 0) is 16.7 Å². The average molecular weight is 417 g/mol. The van der Waals surface area contributed by atoms with Crippen molar-refractivity contribution in [2.24, 2.45) is 4.99 Å². The molecule has 2 N–H and O–H groups in total. The molecule has 1 saturated heterocycles. The zero-order valence-corrected chi connectivity index (χ0v) is 18.5. The van der Waals surface area contributed by atoms with E-state index < -0.39 is 0 Å². The van der Waals surface area contributed by atoms with Crippen LogP contribution < -0.4 is 15.4 Å². The molecule has 2 aromatic rings. The summed E-state index contributed by atoms with van der Waals surface area (Å²) in [4.78, 5) is 10.4. The van der Waals surface area contributed by atoms with Crippen LogP contribution in [0.1, 0.15) is 42.1 Å². The van der Waals surface area contributed by atoms with Gasteiger partial charge in [-0.1, -0.05) is 12.1 Å². The number of aromatic nitrogens is 1. The fourth-order valence-electron chi connectivity index (χ4n) is 3.62. The van der Waals surface area contributed by atoms with Crippen molar-refractivity contribution in [3.63, 3.8) is 0 Å². The highest BCUT2D eigenvalue weighted by atomic mass is 32.1. The van der Waals surface area contributed by atoms with Gasteiger partial charge in [-0.15, -0.1) is 11.3 Å². The summed E-state index contributed by atoms with van der Waals surface area (Å²) in [6, 6.07) is 8.53. The van der Waals surface area contributed by atoms with E-state index in [2.05, 4.69) is 53.7 Å². The Labute approximate surface area is 177 Å². The predicted molar refractivity (Wildman–Crippen MR) is 119 cm³/mol. The normalized spacial score (nSPS) is 16.4. The number of hydrogen-bond donors (Lipinski definition) is 2. The third-order valence-electron chi connectivity index (χ3n) is 5.21. The number of nitrogens with one attached hydrogen (secondary N) is 2. The van der Waals surface area contributed by atoms with Gasteiger partial charge in [0.15, 0.2) is 5.96 Å². The first-order valence-electron chi connectivity index (χ1n) is 10.4. The second-order valence-electron chi connectivity index (χ2n) is 7.26. The van der Waals surface area contributed by atoms with Crippen LogP contribution in [-0.4, -0.2) is 43.9 Å². The Bertz CT molecular complexity index is 782. The maximum atomic E-state index is 5.67. The van der Waals surface area contributed by atoms with Crippen LogP contribution in [0.2, 0.25) is 0 Å². The van der Waals surface area contributed by atoms with Crippen LogP contribution in [0.3, 0.4) is 0 Å². The van der Waals surface area contributed by atoms with Crippen LogP contribution in [0.4, 0.5) is 0 Å². The number of guanidine groups is 1. The Morgan fingerprint density at radius 3 is 2.59 bits per heavy atom. The topological polar surface area (TPSA) is 67.8 Å². The largest absolute Gasteiger partial charge is 0.494 e. The van der Waals surface area contributed by atoms with Crippen molar-refractivity contribution in [1.82, 2.24) is 15.6 Å². The highest BCUT2D eigenvalue weighted by molar-refractivity contribution is 7.11. The third-order valence-corrected chi connectivity index (χ3v) is 6.11. The minimum atomic E-state index is 0.0248. The lowest BCUT2D eigenvalue weighted by atomic mass is 9.74. The maximum absolute atomic E-state index is 5.67. The molecule has 0 atom stereocenters. The summed E-state index contributed by atoms with van der Waals surface area (Å²) in [7, 11) is 0. The van der Waals surface area contributed by atoms with Gasteiger partial charge in [-0.25, -0.2) is 9.98 Å². The molecule has 6 nitrogen and oxygen atoms in total. The van der Waals surface area contributed by atoms with Crippen LogP contribution in [0, 0.1) is 6.92 Å². The molecule has 0 bridgehead atoms. The lowest BCUT2D eigenvalue weighted by Crippen LogP contribution is -2.48. The Kier molecular flexibility index (Phi) is 7.89. The lowest BCUT2D eigenvalue weighted by molar-refractivity contribution is 0.0513. The van der Waals surface area contributed by atoms with Gasteiger partial charge in [-0.3, -0.25) is 0 Å². The van der Waals surface area contributed by atoms with E-state index in [0.717, 1.165) is 55.9 Å². The molecule has 158 valence electrons. The zero-order chi connectivity index (χ0) is 20.5. The fourth-order valence-corrected chi connectivity index (χ4v) is 4.33. The molecule has 29 heavy (non-hydrogen) atoms. The highest BCUT2D eigenvalue weighted by Crippen LogP contribution is 2.35. The molecule has 1 aliphatic rings. The molecule has 1 aliphatic heterocycles. The van der Waals surface area contributed by atoms with Crippen LogP contribution >= 0.6 is 11.3 Å². The molecule has 2 heterocycles. The first-order valence-corrected chi connectivity index (χ1v) is 11.2. The monoisotopic (exact) mass is 416 g/mol. The molecule has 1 aromatic heterocycles. The second kappa shape index (κ2) is 10.6. The van der Waals surface area contributed by atoms with Gasteiger partial charge in [0.2, 0.25) is 0 Å². The maximum Gasteiger partial charge on any atom is 0.191 e. The minimum absolute atomic E-state index is 0.0248. The van der Waals surface area contributed by atoms with E-state index in [-0.39, 0.29) is 5.41 Å². The Balaban J connectivity index is 1.72. The quantitative estimate of drug-likeness (QED) is 0.508. The molecule has 1 fully saturated rings. The smallest absolute Gasteiger partial charge is 0.191 e. The van der Waals surface area contributed by atoms with E-state index in [1.807, 2.05) is 13.1 Å². The van der Waals surface area contributed by atoms with Crippen molar-refractivity contribution in [3.05, 3.63) is 45.9 Å². The predicted octanol–water partition coefficient (Wildman–Crippen LogP) is 3.65. The summed E-state index contributed by atoms with van der Waals surface area (Å²) < 4.78 is 11.3. The molecule has 7 heteroatoms. The highest BCUT2D eigenvalue weighted by Gasteiger charge is 2.34. The van der Waals surface area contributed by atoms with Gasteiger partial charge in [0.25, 0.3) is 0 Å². The molecule has 0 saturated carbocycles. The molecule has 0 spiro atoms.